The summed E-state index contributed by atoms with van der Waals surface area (Å²) in [5.74, 6) is -0.0645. The van der Waals surface area contributed by atoms with Crippen molar-refractivity contribution in [1.29, 1.82) is 0 Å². The summed E-state index contributed by atoms with van der Waals surface area (Å²) in [6.45, 7) is 11.4. The number of aliphatic hydroxyl groups is 1. The van der Waals surface area contributed by atoms with Crippen molar-refractivity contribution in [2.75, 3.05) is 0 Å². The minimum atomic E-state index is -1.16. The van der Waals surface area contributed by atoms with Gasteiger partial charge < -0.3 is 20.1 Å². The topological polar surface area (TPSA) is 90.9 Å². The normalized spacial score (nSPS) is 21.0. The molecule has 0 saturated carbocycles. The third kappa shape index (κ3) is 6.83. The predicted molar refractivity (Wildman–Crippen MR) is 137 cm³/mol. The average molecular weight is 482 g/mol. The van der Waals surface area contributed by atoms with Gasteiger partial charge in [0, 0.05) is 0 Å². The number of hydrogen-bond acceptors (Lipinski definition) is 5. The number of carbonyl (C=O) groups excluding carboxylic acids is 2. The Kier molecular flexibility index (Phi) is 8.56. The van der Waals surface area contributed by atoms with Gasteiger partial charge in [-0.1, -0.05) is 74.5 Å². The Morgan fingerprint density at radius 2 is 1.63 bits per heavy atom. The lowest BCUT2D eigenvalue weighted by Gasteiger charge is -2.33. The van der Waals surface area contributed by atoms with E-state index in [1.807, 2.05) is 86.3 Å². The number of alkyl carbamates (subject to hydrolysis) is 1. The Morgan fingerprint density at radius 3 is 2.17 bits per heavy atom. The summed E-state index contributed by atoms with van der Waals surface area (Å²) >= 11 is 0. The van der Waals surface area contributed by atoms with Gasteiger partial charge in [0.1, 0.15) is 11.6 Å². The Labute approximate surface area is 208 Å². The Balaban J connectivity index is 1.86. The number of nitrogens with one attached hydrogen (secondary N) is 2. The molecule has 2 amide bonds. The zero-order valence-electron chi connectivity index (χ0n) is 21.6. The van der Waals surface area contributed by atoms with Gasteiger partial charge in [-0.25, -0.2) is 4.79 Å². The van der Waals surface area contributed by atoms with E-state index < -0.39 is 29.9 Å². The molecule has 1 aliphatic heterocycles. The second-order valence-corrected chi connectivity index (χ2v) is 10.6. The van der Waals surface area contributed by atoms with Crippen LogP contribution in [0.3, 0.4) is 0 Å². The molecular formula is C28H39N3O4. The van der Waals surface area contributed by atoms with Crippen LogP contribution in [0.1, 0.15) is 58.7 Å². The molecule has 35 heavy (non-hydrogen) atoms. The van der Waals surface area contributed by atoms with Crippen molar-refractivity contribution in [2.24, 2.45) is 5.92 Å². The van der Waals surface area contributed by atoms with Gasteiger partial charge in [-0.3, -0.25) is 10.1 Å². The van der Waals surface area contributed by atoms with Gasteiger partial charge in [-0.2, -0.15) is 0 Å². The number of rotatable bonds is 8. The van der Waals surface area contributed by atoms with E-state index in [-0.39, 0.29) is 24.0 Å². The lowest BCUT2D eigenvalue weighted by Crippen LogP contribution is -2.55. The fourth-order valence-corrected chi connectivity index (χ4v) is 4.53. The van der Waals surface area contributed by atoms with Crippen molar-refractivity contribution in [3.05, 3.63) is 71.8 Å². The first-order valence-electron chi connectivity index (χ1n) is 12.3. The first kappa shape index (κ1) is 26.7. The Morgan fingerprint density at radius 1 is 1.06 bits per heavy atom. The SMILES string of the molecule is CC(C)C1N[C@@H]([C@@H](O)[C@H](Cc2ccccc2)NC(=O)OC(C)(C)C)C(=O)N1[C@@H](C)c1ccccc1. The van der Waals surface area contributed by atoms with E-state index in [2.05, 4.69) is 10.6 Å². The Hall–Kier alpha value is -2.90. The molecule has 0 aromatic heterocycles. The highest BCUT2D eigenvalue weighted by molar-refractivity contribution is 5.85. The van der Waals surface area contributed by atoms with Gasteiger partial charge in [0.25, 0.3) is 0 Å². The molecule has 0 aliphatic carbocycles. The van der Waals surface area contributed by atoms with E-state index >= 15 is 0 Å². The summed E-state index contributed by atoms with van der Waals surface area (Å²) in [7, 11) is 0. The number of ether oxygens (including phenoxy) is 1. The number of hydrogen-bond donors (Lipinski definition) is 3. The van der Waals surface area contributed by atoms with Gasteiger partial charge in [0.05, 0.1) is 24.4 Å². The highest BCUT2D eigenvalue weighted by Crippen LogP contribution is 2.31. The van der Waals surface area contributed by atoms with Crippen molar-refractivity contribution >= 4 is 12.0 Å². The van der Waals surface area contributed by atoms with Crippen LogP contribution in [0, 0.1) is 5.92 Å². The zero-order valence-corrected chi connectivity index (χ0v) is 21.6. The van der Waals surface area contributed by atoms with Crippen LogP contribution in [0.2, 0.25) is 0 Å². The molecule has 2 aromatic rings. The van der Waals surface area contributed by atoms with E-state index in [0.29, 0.717) is 6.42 Å². The van der Waals surface area contributed by atoms with Crippen molar-refractivity contribution < 1.29 is 19.4 Å². The highest BCUT2D eigenvalue weighted by atomic mass is 16.6. The number of nitrogens with zero attached hydrogens (tertiary/aromatic N) is 1. The summed E-state index contributed by atoms with van der Waals surface area (Å²) in [5, 5.41) is 17.7. The van der Waals surface area contributed by atoms with Gasteiger partial charge in [0.2, 0.25) is 5.91 Å². The van der Waals surface area contributed by atoms with Crippen LogP contribution in [0.25, 0.3) is 0 Å². The van der Waals surface area contributed by atoms with Crippen LogP contribution in [-0.4, -0.2) is 52.0 Å². The summed E-state index contributed by atoms with van der Waals surface area (Å²) in [5.41, 5.74) is 1.28. The van der Waals surface area contributed by atoms with Crippen molar-refractivity contribution in [1.82, 2.24) is 15.5 Å². The van der Waals surface area contributed by atoms with Crippen LogP contribution in [0.4, 0.5) is 4.79 Å². The van der Waals surface area contributed by atoms with Gasteiger partial charge in [-0.15, -0.1) is 0 Å². The average Bonchev–Trinajstić information content (AvgIpc) is 3.15. The molecule has 1 heterocycles. The third-order valence-corrected chi connectivity index (χ3v) is 6.26. The van der Waals surface area contributed by atoms with Crippen molar-refractivity contribution in [3.63, 3.8) is 0 Å². The van der Waals surface area contributed by atoms with Crippen LogP contribution in [0.5, 0.6) is 0 Å². The standard InChI is InChI=1S/C28H39N3O4/c1-18(2)25-30-23(26(33)31(25)19(3)21-15-11-8-12-16-21)24(32)22(17-20-13-9-7-10-14-20)29-27(34)35-28(4,5)6/h7-16,18-19,22-25,30,32H,17H2,1-6H3,(H,29,34)/t19-,22-,23-,24-,25?/m0/s1. The highest BCUT2D eigenvalue weighted by Gasteiger charge is 2.47. The smallest absolute Gasteiger partial charge is 0.407 e. The molecule has 1 unspecified atom stereocenters. The van der Waals surface area contributed by atoms with Crippen LogP contribution < -0.4 is 10.6 Å². The van der Waals surface area contributed by atoms with Crippen molar-refractivity contribution in [3.8, 4) is 0 Å². The minimum Gasteiger partial charge on any atom is -0.444 e. The summed E-state index contributed by atoms with van der Waals surface area (Å²) in [6, 6.07) is 17.7. The van der Waals surface area contributed by atoms with E-state index in [4.69, 9.17) is 4.74 Å². The molecule has 0 radical (unpaired) electrons. The van der Waals surface area contributed by atoms with Gasteiger partial charge in [-0.05, 0) is 51.2 Å². The summed E-state index contributed by atoms with van der Waals surface area (Å²) < 4.78 is 5.45. The molecular weight excluding hydrogens is 442 g/mol. The fraction of sp³-hybridized carbons (Fsp3) is 0.500. The number of aliphatic hydroxyl groups excluding tert-OH is 1. The summed E-state index contributed by atoms with van der Waals surface area (Å²) in [4.78, 5) is 28.2. The summed E-state index contributed by atoms with van der Waals surface area (Å²) in [6.07, 6.45) is -1.69. The monoisotopic (exact) mass is 481 g/mol. The maximum atomic E-state index is 13.7. The molecule has 190 valence electrons. The predicted octanol–water partition coefficient (Wildman–Crippen LogP) is 4.03. The molecule has 1 aliphatic rings. The quantitative estimate of drug-likeness (QED) is 0.530. The first-order chi connectivity index (χ1) is 16.5. The van der Waals surface area contributed by atoms with Crippen molar-refractivity contribution in [2.45, 2.75) is 84.0 Å². The molecule has 0 bridgehead atoms. The molecule has 2 aromatic carbocycles. The van der Waals surface area contributed by atoms with E-state index in [0.717, 1.165) is 11.1 Å². The zero-order chi connectivity index (χ0) is 25.8. The molecule has 3 N–H and O–H groups in total. The second kappa shape index (κ2) is 11.2. The largest absolute Gasteiger partial charge is 0.444 e. The number of carbonyl (C=O) groups is 2. The number of amides is 2. The fourth-order valence-electron chi connectivity index (χ4n) is 4.53. The maximum absolute atomic E-state index is 13.7. The van der Waals surface area contributed by atoms with Crippen LogP contribution in [-0.2, 0) is 16.0 Å². The van der Waals surface area contributed by atoms with E-state index in [9.17, 15) is 14.7 Å². The van der Waals surface area contributed by atoms with Crippen LogP contribution in [0.15, 0.2) is 60.7 Å². The second-order valence-electron chi connectivity index (χ2n) is 10.6. The van der Waals surface area contributed by atoms with E-state index in [1.165, 1.54) is 0 Å². The lowest BCUT2D eigenvalue weighted by atomic mass is 9.96. The minimum absolute atomic E-state index is 0.119. The van der Waals surface area contributed by atoms with E-state index in [1.54, 1.807) is 20.8 Å². The molecule has 3 rings (SSSR count). The molecule has 0 spiro atoms. The van der Waals surface area contributed by atoms with Gasteiger partial charge in [0.15, 0.2) is 0 Å². The first-order valence-corrected chi connectivity index (χ1v) is 12.3. The molecule has 1 saturated heterocycles. The maximum Gasteiger partial charge on any atom is 0.407 e. The lowest BCUT2D eigenvalue weighted by molar-refractivity contribution is -0.134. The van der Waals surface area contributed by atoms with Gasteiger partial charge >= 0.3 is 6.09 Å². The number of benzene rings is 2. The molecule has 5 atom stereocenters. The molecule has 1 fully saturated rings. The molecule has 7 heteroatoms. The Bertz CT molecular complexity index is 975. The molecule has 7 nitrogen and oxygen atoms in total. The third-order valence-electron chi connectivity index (χ3n) is 6.26. The van der Waals surface area contributed by atoms with Crippen LogP contribution >= 0.6 is 0 Å².